The highest BCUT2D eigenvalue weighted by Gasteiger charge is 2.37. The Morgan fingerprint density at radius 1 is 0.649 bits per heavy atom. The van der Waals surface area contributed by atoms with Crippen LogP contribution in [0.4, 0.5) is 0 Å². The summed E-state index contributed by atoms with van der Waals surface area (Å²) < 4.78 is 0. The van der Waals surface area contributed by atoms with Crippen molar-refractivity contribution in [1.29, 1.82) is 0 Å². The summed E-state index contributed by atoms with van der Waals surface area (Å²) in [5.74, 6) is -11.9. The van der Waals surface area contributed by atoms with E-state index in [2.05, 4.69) is 37.2 Å². The van der Waals surface area contributed by atoms with Crippen molar-refractivity contribution in [3.8, 4) is 0 Å². The lowest BCUT2D eigenvalue weighted by Crippen LogP contribution is -2.57. The van der Waals surface area contributed by atoms with Crippen molar-refractivity contribution in [3.05, 3.63) is 35.9 Å². The molecule has 23 heteroatoms. The minimum atomic E-state index is -1.40. The zero-order valence-corrected chi connectivity index (χ0v) is 45.5. The van der Waals surface area contributed by atoms with Gasteiger partial charge in [0, 0.05) is 56.5 Å². The van der Waals surface area contributed by atoms with E-state index in [0.29, 0.717) is 5.56 Å². The predicted octanol–water partition coefficient (Wildman–Crippen LogP) is -1.79. The van der Waals surface area contributed by atoms with Gasteiger partial charge in [-0.3, -0.25) is 47.9 Å². The third-order valence-electron chi connectivity index (χ3n) is 14.3. The van der Waals surface area contributed by atoms with Crippen molar-refractivity contribution in [3.63, 3.8) is 0 Å². The number of benzene rings is 1. The molecule has 6 amide bonds. The molecule has 1 aromatic rings. The van der Waals surface area contributed by atoms with Gasteiger partial charge in [0.25, 0.3) is 0 Å². The average molecular weight is 1080 g/mol. The maximum atomic E-state index is 14.5. The van der Waals surface area contributed by atoms with Crippen LogP contribution in [-0.2, 0) is 54.4 Å². The molecule has 2 fully saturated rings. The topological polar surface area (TPSA) is 399 Å². The Hall–Kier alpha value is -5.56. The first-order valence-corrected chi connectivity index (χ1v) is 27.5. The molecule has 77 heavy (non-hydrogen) atoms. The molecule has 0 aromatic heterocycles. The quantitative estimate of drug-likeness (QED) is 0.0576. The molecule has 432 valence electrons. The number of carbonyl (C=O) groups is 10. The van der Waals surface area contributed by atoms with Crippen molar-refractivity contribution in [1.82, 2.24) is 37.2 Å². The second-order valence-electron chi connectivity index (χ2n) is 21.2. The maximum Gasteiger partial charge on any atom is 0.243 e. The third-order valence-corrected chi connectivity index (χ3v) is 14.3. The van der Waals surface area contributed by atoms with Crippen LogP contribution in [0.5, 0.6) is 0 Å². The fourth-order valence-electron chi connectivity index (χ4n) is 9.76. The van der Waals surface area contributed by atoms with Crippen molar-refractivity contribution in [2.75, 3.05) is 39.3 Å². The zero-order valence-electron chi connectivity index (χ0n) is 45.5. The van der Waals surface area contributed by atoms with Crippen LogP contribution < -0.4 is 60.2 Å². The lowest BCUT2D eigenvalue weighted by atomic mass is 9.88. The molecular formula is C54H89N11O12. The van der Waals surface area contributed by atoms with Crippen molar-refractivity contribution in [2.45, 2.75) is 172 Å². The van der Waals surface area contributed by atoms with Crippen LogP contribution in [0.25, 0.3) is 0 Å². The Morgan fingerprint density at radius 3 is 1.79 bits per heavy atom. The third kappa shape index (κ3) is 22.7. The first-order valence-electron chi connectivity index (χ1n) is 27.5. The largest absolute Gasteiger partial charge is 0.393 e. The zero-order chi connectivity index (χ0) is 57.2. The summed E-state index contributed by atoms with van der Waals surface area (Å²) in [5.41, 5.74) is 24.4. The van der Waals surface area contributed by atoms with Crippen molar-refractivity contribution in [2.24, 2.45) is 52.5 Å². The summed E-state index contributed by atoms with van der Waals surface area (Å²) in [6.45, 7) is 6.46. The molecular weight excluding hydrogens is 995 g/mol. The molecule has 2 aliphatic rings. The second-order valence-corrected chi connectivity index (χ2v) is 21.2. The lowest BCUT2D eigenvalue weighted by molar-refractivity contribution is -0.137. The summed E-state index contributed by atoms with van der Waals surface area (Å²) >= 11 is 0. The van der Waals surface area contributed by atoms with E-state index in [4.69, 9.17) is 22.9 Å². The number of rotatable bonds is 23. The number of nitrogens with two attached hydrogens (primary N) is 4. The van der Waals surface area contributed by atoms with E-state index in [1.807, 2.05) is 13.8 Å². The number of hydrogen-bond acceptors (Lipinski definition) is 17. The molecule has 3 rings (SSSR count). The van der Waals surface area contributed by atoms with Gasteiger partial charge in [0.05, 0.1) is 42.2 Å². The Balaban J connectivity index is 2.09. The minimum Gasteiger partial charge on any atom is -0.393 e. The van der Waals surface area contributed by atoms with E-state index < -0.39 is 138 Å². The van der Waals surface area contributed by atoms with Gasteiger partial charge in [-0.15, -0.1) is 0 Å². The molecule has 17 N–H and O–H groups in total. The molecule has 0 radical (unpaired) electrons. The van der Waals surface area contributed by atoms with E-state index in [1.165, 1.54) is 13.8 Å². The molecule has 0 spiro atoms. The van der Waals surface area contributed by atoms with Crippen molar-refractivity contribution >= 4 is 58.6 Å². The fraction of sp³-hybridized carbons (Fsp3) is 0.704. The number of amides is 6. The molecule has 12 atom stereocenters. The highest BCUT2D eigenvalue weighted by atomic mass is 16.3. The lowest BCUT2D eigenvalue weighted by Gasteiger charge is -2.28. The Kier molecular flexibility index (Phi) is 29.3. The number of hydrogen-bond donors (Lipinski definition) is 13. The van der Waals surface area contributed by atoms with Crippen LogP contribution in [0.1, 0.15) is 123 Å². The van der Waals surface area contributed by atoms with Crippen LogP contribution in [0, 0.1) is 29.6 Å². The van der Waals surface area contributed by atoms with E-state index in [-0.39, 0.29) is 108 Å². The molecule has 2 saturated heterocycles. The van der Waals surface area contributed by atoms with Crippen LogP contribution in [0.3, 0.4) is 0 Å². The molecule has 0 bridgehead atoms. The van der Waals surface area contributed by atoms with Gasteiger partial charge in [-0.1, -0.05) is 50.6 Å². The maximum absolute atomic E-state index is 14.5. The van der Waals surface area contributed by atoms with Gasteiger partial charge in [-0.05, 0) is 116 Å². The average Bonchev–Trinajstić information content (AvgIpc) is 3.37. The van der Waals surface area contributed by atoms with Gasteiger partial charge in [0.15, 0.2) is 17.3 Å². The van der Waals surface area contributed by atoms with Crippen molar-refractivity contribution < 1.29 is 58.2 Å². The van der Waals surface area contributed by atoms with E-state index in [1.54, 1.807) is 30.3 Å². The predicted molar refractivity (Wildman–Crippen MR) is 288 cm³/mol. The van der Waals surface area contributed by atoms with Gasteiger partial charge >= 0.3 is 0 Å². The summed E-state index contributed by atoms with van der Waals surface area (Å²) in [6.07, 6.45) is -2.07. The first-order chi connectivity index (χ1) is 36.6. The number of piperidine rings is 1. The van der Waals surface area contributed by atoms with Crippen LogP contribution >= 0.6 is 0 Å². The Morgan fingerprint density at radius 2 is 1.22 bits per heavy atom. The summed E-state index contributed by atoms with van der Waals surface area (Å²) in [7, 11) is 0. The summed E-state index contributed by atoms with van der Waals surface area (Å²) in [4.78, 5) is 140. The SMILES string of the molecule is CC(C)C[C@@H]1NC(=O)[C@@H](Cc2ccccc2)CC(=O)[C@H](CCN)NC(=O)[C@@H](CC(=O)[C@H](CCN)NC(=O)[C@@H](CC(=O)C[C@@H]2CCCCN2)C(C)O)CCNC(=O)[C@H](C(C)O)CC(=O)[C@H](CCN)NC(=O)[C@H](CCN)NC1=O. The molecule has 2 aliphatic heterocycles. The summed E-state index contributed by atoms with van der Waals surface area (Å²) in [6, 6.07) is 2.44. The highest BCUT2D eigenvalue weighted by molar-refractivity contribution is 5.98. The summed E-state index contributed by atoms with van der Waals surface area (Å²) in [5, 5.41) is 40.9. The number of nitrogens with one attached hydrogen (secondary N) is 7. The molecule has 0 saturated carbocycles. The first kappa shape index (κ1) is 65.7. The smallest absolute Gasteiger partial charge is 0.243 e. The normalized spacial score (nSPS) is 25.7. The Bertz CT molecular complexity index is 2110. The monoisotopic (exact) mass is 1080 g/mol. The van der Waals surface area contributed by atoms with Gasteiger partial charge in [-0.25, -0.2) is 0 Å². The number of aliphatic hydroxyl groups is 2. The molecule has 23 nitrogen and oxygen atoms in total. The van der Waals surface area contributed by atoms with Gasteiger partial charge in [-0.2, -0.15) is 0 Å². The van der Waals surface area contributed by atoms with E-state index in [0.717, 1.165) is 25.8 Å². The Labute approximate surface area is 452 Å². The number of Topliss-reactive ketones (excluding diaryl/α,β-unsaturated/α-hetero) is 4. The molecule has 2 unspecified atom stereocenters. The van der Waals surface area contributed by atoms with Crippen LogP contribution in [0.15, 0.2) is 30.3 Å². The van der Waals surface area contributed by atoms with E-state index >= 15 is 0 Å². The second kappa shape index (κ2) is 34.3. The van der Waals surface area contributed by atoms with Gasteiger partial charge < -0.3 is 70.4 Å². The standard InChI is InChI=1S/C54H89N11O12/c1-31(2)24-45-54(77)64-44(16-21-58)53(76)63-43(15-20-57)48(71)30-40(33(4)67)51(74)60-23-17-35(49(72)61-41(13-18-55)47(70)27-36(50(73)65-45)25-34-10-6-5-7-11-34)26-46(69)42(14-19-56)62-52(75)39(32(3)66)29-38(68)28-37-12-8-9-22-59-37/h5-7,10-11,31-33,35-37,39-45,59,66-67H,8-9,12-30,55-58H2,1-4H3,(H,60,74)(H,61,72)(H,62,75)(H,63,76)(H,64,77)(H,65,73)/t32?,33?,35-,36+,37+,39+,40+,41+,42+,43+,44+,45+/m1/s1. The number of aliphatic hydroxyl groups excluding tert-OH is 2. The number of carbonyl (C=O) groups excluding carboxylic acids is 10. The fourth-order valence-corrected chi connectivity index (χ4v) is 9.76. The molecule has 1 aromatic carbocycles. The van der Waals surface area contributed by atoms with E-state index in [9.17, 15) is 58.2 Å². The highest BCUT2D eigenvalue weighted by Crippen LogP contribution is 2.22. The van der Waals surface area contributed by atoms with Crippen LogP contribution in [-0.4, -0.2) is 157 Å². The number of ketones is 4. The van der Waals surface area contributed by atoms with Gasteiger partial charge in [0.2, 0.25) is 35.4 Å². The van der Waals surface area contributed by atoms with Gasteiger partial charge in [0.1, 0.15) is 17.9 Å². The minimum absolute atomic E-state index is 0.0345. The molecule has 2 heterocycles. The van der Waals surface area contributed by atoms with Crippen LogP contribution in [0.2, 0.25) is 0 Å². The molecule has 0 aliphatic carbocycles.